The zero-order valence-corrected chi connectivity index (χ0v) is 20.9. The average Bonchev–Trinajstić information content (AvgIpc) is 2.89. The molecular weight excluding hydrogens is 508 g/mol. The smallest absolute Gasteiger partial charge is 0.263 e. The third-order valence-corrected chi connectivity index (χ3v) is 8.61. The lowest BCUT2D eigenvalue weighted by atomic mass is 10.2. The van der Waals surface area contributed by atoms with Gasteiger partial charge in [-0.05, 0) is 54.6 Å². The number of ether oxygens (including phenoxy) is 2. The van der Waals surface area contributed by atoms with Crippen LogP contribution < -0.4 is 14.8 Å². The number of amides is 1. The van der Waals surface area contributed by atoms with E-state index in [1.165, 1.54) is 66.1 Å². The van der Waals surface area contributed by atoms with E-state index >= 15 is 0 Å². The van der Waals surface area contributed by atoms with Crippen LogP contribution in [0.25, 0.3) is 0 Å². The Bertz CT molecular complexity index is 1440. The van der Waals surface area contributed by atoms with E-state index in [0.29, 0.717) is 18.9 Å². The number of rotatable bonds is 8. The van der Waals surface area contributed by atoms with Crippen molar-refractivity contribution in [2.75, 3.05) is 43.5 Å². The summed E-state index contributed by atoms with van der Waals surface area (Å²) in [5.41, 5.74) is 0.320. The number of carbonyl (C=O) groups excluding carboxylic acids is 1. The van der Waals surface area contributed by atoms with Gasteiger partial charge >= 0.3 is 0 Å². The molecule has 1 aliphatic rings. The number of hydrogen-bond donors (Lipinski definition) is 2. The minimum atomic E-state index is -3.88. The van der Waals surface area contributed by atoms with Gasteiger partial charge in [0.05, 0.1) is 35.7 Å². The van der Waals surface area contributed by atoms with E-state index in [-0.39, 0.29) is 40.0 Å². The van der Waals surface area contributed by atoms with Gasteiger partial charge in [0.25, 0.3) is 15.9 Å². The molecule has 0 atom stereocenters. The Morgan fingerprint density at radius 3 is 2.31 bits per heavy atom. The molecule has 0 bridgehead atoms. The van der Waals surface area contributed by atoms with Gasteiger partial charge in [0, 0.05) is 25.0 Å². The number of aromatic nitrogens is 1. The molecule has 0 saturated carbocycles. The standard InChI is InChI=1S/C23H24N4O7S2/c1-33-21-10-9-19(36(31,32)27-12-14-34-15-13-27)16-20(21)23(28)25-17-5-7-18(8-6-17)35(29,30)26-22-4-2-3-11-24-22/h2-11,16H,12-15H2,1H3,(H,24,26)(H,25,28). The van der Waals surface area contributed by atoms with Gasteiger partial charge in [-0.15, -0.1) is 0 Å². The number of nitrogens with one attached hydrogen (secondary N) is 2. The molecular formula is C23H24N4O7S2. The Morgan fingerprint density at radius 2 is 1.67 bits per heavy atom. The van der Waals surface area contributed by atoms with Crippen molar-refractivity contribution < 1.29 is 31.1 Å². The summed E-state index contributed by atoms with van der Waals surface area (Å²) in [4.78, 5) is 16.9. The molecule has 2 heterocycles. The van der Waals surface area contributed by atoms with Gasteiger partial charge in [-0.3, -0.25) is 9.52 Å². The van der Waals surface area contributed by atoms with Crippen LogP contribution in [-0.4, -0.2) is 65.4 Å². The zero-order valence-electron chi connectivity index (χ0n) is 19.2. The third kappa shape index (κ3) is 5.65. The summed E-state index contributed by atoms with van der Waals surface area (Å²) in [6.45, 7) is 1.04. The molecule has 13 heteroatoms. The Morgan fingerprint density at radius 1 is 0.972 bits per heavy atom. The maximum atomic E-state index is 13.0. The minimum Gasteiger partial charge on any atom is -0.496 e. The molecule has 0 radical (unpaired) electrons. The van der Waals surface area contributed by atoms with Gasteiger partial charge < -0.3 is 14.8 Å². The largest absolute Gasteiger partial charge is 0.496 e. The van der Waals surface area contributed by atoms with Crippen molar-refractivity contribution in [3.8, 4) is 5.75 Å². The Balaban J connectivity index is 1.53. The molecule has 1 fully saturated rings. The summed E-state index contributed by atoms with van der Waals surface area (Å²) in [6.07, 6.45) is 1.46. The van der Waals surface area contributed by atoms with Gasteiger partial charge in [0.15, 0.2) is 0 Å². The van der Waals surface area contributed by atoms with E-state index < -0.39 is 26.0 Å². The zero-order chi connectivity index (χ0) is 25.8. The summed E-state index contributed by atoms with van der Waals surface area (Å²) >= 11 is 0. The molecule has 4 rings (SSSR count). The predicted molar refractivity (Wildman–Crippen MR) is 132 cm³/mol. The molecule has 2 aromatic carbocycles. The number of anilines is 2. The monoisotopic (exact) mass is 532 g/mol. The lowest BCUT2D eigenvalue weighted by molar-refractivity contribution is 0.0730. The second kappa shape index (κ2) is 10.6. The highest BCUT2D eigenvalue weighted by Crippen LogP contribution is 2.26. The van der Waals surface area contributed by atoms with Crippen LogP contribution >= 0.6 is 0 Å². The summed E-state index contributed by atoms with van der Waals surface area (Å²) in [7, 11) is -6.33. The summed E-state index contributed by atoms with van der Waals surface area (Å²) < 4.78 is 65.3. The lowest BCUT2D eigenvalue weighted by Crippen LogP contribution is -2.40. The Labute approximate surface area is 209 Å². The van der Waals surface area contributed by atoms with Gasteiger partial charge in [-0.1, -0.05) is 6.07 Å². The van der Waals surface area contributed by atoms with Crippen LogP contribution in [0.5, 0.6) is 5.75 Å². The molecule has 1 amide bonds. The number of pyridine rings is 1. The Kier molecular flexibility index (Phi) is 7.54. The van der Waals surface area contributed by atoms with Crippen molar-refractivity contribution in [1.82, 2.24) is 9.29 Å². The average molecular weight is 533 g/mol. The molecule has 1 aliphatic heterocycles. The summed E-state index contributed by atoms with van der Waals surface area (Å²) in [5.74, 6) is -0.255. The maximum absolute atomic E-state index is 13.0. The molecule has 0 spiro atoms. The first-order valence-corrected chi connectivity index (χ1v) is 13.7. The normalized spacial score (nSPS) is 14.7. The lowest BCUT2D eigenvalue weighted by Gasteiger charge is -2.26. The number of morpholine rings is 1. The first-order chi connectivity index (χ1) is 17.2. The van der Waals surface area contributed by atoms with E-state index in [0.717, 1.165) is 0 Å². The first kappa shape index (κ1) is 25.6. The van der Waals surface area contributed by atoms with Gasteiger partial charge in [-0.2, -0.15) is 4.31 Å². The molecule has 3 aromatic rings. The minimum absolute atomic E-state index is 0.0142. The van der Waals surface area contributed by atoms with Crippen LogP contribution in [-0.2, 0) is 24.8 Å². The van der Waals surface area contributed by atoms with E-state index in [2.05, 4.69) is 15.0 Å². The predicted octanol–water partition coefficient (Wildman–Crippen LogP) is 2.16. The number of benzene rings is 2. The highest BCUT2D eigenvalue weighted by molar-refractivity contribution is 7.92. The number of hydrogen-bond acceptors (Lipinski definition) is 8. The highest BCUT2D eigenvalue weighted by atomic mass is 32.2. The third-order valence-electron chi connectivity index (χ3n) is 5.35. The molecule has 1 aromatic heterocycles. The Hall–Kier alpha value is -3.52. The van der Waals surface area contributed by atoms with Gasteiger partial charge in [0.2, 0.25) is 10.0 Å². The van der Waals surface area contributed by atoms with Crippen molar-refractivity contribution >= 4 is 37.5 Å². The molecule has 0 unspecified atom stereocenters. The SMILES string of the molecule is COc1ccc(S(=O)(=O)N2CCOCC2)cc1C(=O)Nc1ccc(S(=O)(=O)Nc2ccccn2)cc1. The summed E-state index contributed by atoms with van der Waals surface area (Å²) in [5, 5.41) is 2.64. The topological polar surface area (TPSA) is 144 Å². The van der Waals surface area contributed by atoms with E-state index in [1.807, 2.05) is 0 Å². The van der Waals surface area contributed by atoms with Crippen molar-refractivity contribution in [3.05, 3.63) is 72.4 Å². The summed E-state index contributed by atoms with van der Waals surface area (Å²) in [6, 6.07) is 14.4. The van der Waals surface area contributed by atoms with E-state index in [1.54, 1.807) is 12.1 Å². The van der Waals surface area contributed by atoms with Crippen LogP contribution in [0.3, 0.4) is 0 Å². The second-order valence-electron chi connectivity index (χ2n) is 7.68. The van der Waals surface area contributed by atoms with Crippen molar-refractivity contribution in [2.24, 2.45) is 0 Å². The van der Waals surface area contributed by atoms with Crippen molar-refractivity contribution in [3.63, 3.8) is 0 Å². The number of nitrogens with zero attached hydrogens (tertiary/aromatic N) is 2. The van der Waals surface area contributed by atoms with Crippen LogP contribution in [0.4, 0.5) is 11.5 Å². The van der Waals surface area contributed by atoms with Gasteiger partial charge in [-0.25, -0.2) is 21.8 Å². The fourth-order valence-corrected chi connectivity index (χ4v) is 5.94. The van der Waals surface area contributed by atoms with Crippen LogP contribution in [0, 0.1) is 0 Å². The van der Waals surface area contributed by atoms with Crippen LogP contribution in [0.15, 0.2) is 76.7 Å². The fourth-order valence-electron chi connectivity index (χ4n) is 3.50. The van der Waals surface area contributed by atoms with Crippen molar-refractivity contribution in [2.45, 2.75) is 9.79 Å². The van der Waals surface area contributed by atoms with E-state index in [9.17, 15) is 21.6 Å². The van der Waals surface area contributed by atoms with Crippen molar-refractivity contribution in [1.29, 1.82) is 0 Å². The molecule has 0 aliphatic carbocycles. The number of sulfonamides is 2. The molecule has 190 valence electrons. The quantitative estimate of drug-likeness (QED) is 0.449. The van der Waals surface area contributed by atoms with Gasteiger partial charge in [0.1, 0.15) is 11.6 Å². The molecule has 11 nitrogen and oxygen atoms in total. The molecule has 36 heavy (non-hydrogen) atoms. The van der Waals surface area contributed by atoms with Crippen LogP contribution in [0.1, 0.15) is 10.4 Å². The molecule has 1 saturated heterocycles. The number of methoxy groups -OCH3 is 1. The van der Waals surface area contributed by atoms with Crippen LogP contribution in [0.2, 0.25) is 0 Å². The number of carbonyl (C=O) groups is 1. The highest BCUT2D eigenvalue weighted by Gasteiger charge is 2.28. The first-order valence-electron chi connectivity index (χ1n) is 10.8. The fraction of sp³-hybridized carbons (Fsp3) is 0.217. The second-order valence-corrected chi connectivity index (χ2v) is 11.3. The maximum Gasteiger partial charge on any atom is 0.263 e. The van der Waals surface area contributed by atoms with E-state index in [4.69, 9.17) is 9.47 Å². The molecule has 2 N–H and O–H groups in total.